The number of hydrogen-bond acceptors (Lipinski definition) is 4. The Morgan fingerprint density at radius 1 is 1.23 bits per heavy atom. The average Bonchev–Trinajstić information content (AvgIpc) is 3.40. The number of likely N-dealkylation sites (tertiary alicyclic amines) is 1. The summed E-state index contributed by atoms with van der Waals surface area (Å²) in [5, 5.41) is 4.04. The van der Waals surface area contributed by atoms with Gasteiger partial charge in [-0.3, -0.25) is 9.59 Å². The molecule has 2 fully saturated rings. The van der Waals surface area contributed by atoms with Gasteiger partial charge in [-0.15, -0.1) is 0 Å². The van der Waals surface area contributed by atoms with Crippen molar-refractivity contribution in [3.8, 4) is 0 Å². The van der Waals surface area contributed by atoms with E-state index in [0.29, 0.717) is 29.1 Å². The third kappa shape index (κ3) is 3.67. The highest BCUT2D eigenvalue weighted by Gasteiger charge is 2.43. The lowest BCUT2D eigenvalue weighted by atomic mass is 9.78. The molecule has 1 saturated carbocycles. The molecule has 31 heavy (non-hydrogen) atoms. The van der Waals surface area contributed by atoms with E-state index in [1.807, 2.05) is 0 Å². The number of amides is 2. The molecule has 8 heteroatoms. The Morgan fingerprint density at radius 3 is 2.94 bits per heavy atom. The normalized spacial score (nSPS) is 23.0. The minimum atomic E-state index is -0.611. The van der Waals surface area contributed by atoms with Gasteiger partial charge in [0.15, 0.2) is 0 Å². The van der Waals surface area contributed by atoms with E-state index >= 15 is 0 Å². The van der Waals surface area contributed by atoms with Crippen LogP contribution in [0.15, 0.2) is 47.2 Å². The van der Waals surface area contributed by atoms with Gasteiger partial charge < -0.3 is 14.6 Å². The fourth-order valence-electron chi connectivity index (χ4n) is 4.91. The monoisotopic (exact) mass is 441 g/mol. The Balaban J connectivity index is 1.32. The van der Waals surface area contributed by atoms with Crippen molar-refractivity contribution in [3.05, 3.63) is 64.9 Å². The first-order chi connectivity index (χ1) is 15.0. The summed E-state index contributed by atoms with van der Waals surface area (Å²) >= 11 is 6.15. The van der Waals surface area contributed by atoms with E-state index in [4.69, 9.17) is 16.0 Å². The largest absolute Gasteiger partial charge is 0.464 e. The predicted molar refractivity (Wildman–Crippen MR) is 113 cm³/mol. The zero-order valence-electron chi connectivity index (χ0n) is 16.7. The zero-order chi connectivity index (χ0) is 21.5. The van der Waals surface area contributed by atoms with E-state index in [-0.39, 0.29) is 35.0 Å². The molecule has 1 aliphatic heterocycles. The Kier molecular flexibility index (Phi) is 5.14. The van der Waals surface area contributed by atoms with E-state index < -0.39 is 11.7 Å². The second kappa shape index (κ2) is 7.96. The number of aromatic nitrogens is 1. The van der Waals surface area contributed by atoms with Gasteiger partial charge in [-0.2, -0.15) is 0 Å². The third-order valence-corrected chi connectivity index (χ3v) is 6.75. The second-order valence-electron chi connectivity index (χ2n) is 8.27. The lowest BCUT2D eigenvalue weighted by Crippen LogP contribution is -2.45. The minimum Gasteiger partial charge on any atom is -0.464 e. The molecular formula is C23H21ClFN3O3. The smallest absolute Gasteiger partial charge is 0.274 e. The highest BCUT2D eigenvalue weighted by molar-refractivity contribution is 6.33. The SMILES string of the molecule is O=C(NC1CCCC2CN(C(=O)c3ncccc3Cl)CC21)c1cc2ccoc2cc1F. The summed E-state index contributed by atoms with van der Waals surface area (Å²) in [6, 6.07) is 7.67. The van der Waals surface area contributed by atoms with Crippen molar-refractivity contribution in [3.63, 3.8) is 0 Å². The molecule has 0 radical (unpaired) electrons. The number of hydrogen-bond donors (Lipinski definition) is 1. The predicted octanol–water partition coefficient (Wildman–Crippen LogP) is 4.29. The van der Waals surface area contributed by atoms with Crippen molar-refractivity contribution in [2.24, 2.45) is 11.8 Å². The number of benzene rings is 1. The van der Waals surface area contributed by atoms with Crippen LogP contribution < -0.4 is 5.32 Å². The minimum absolute atomic E-state index is 0.00206. The van der Waals surface area contributed by atoms with Crippen molar-refractivity contribution in [2.75, 3.05) is 13.1 Å². The second-order valence-corrected chi connectivity index (χ2v) is 8.68. The van der Waals surface area contributed by atoms with Gasteiger partial charge in [0.05, 0.1) is 16.8 Å². The number of carbonyl (C=O) groups excluding carboxylic acids is 2. The summed E-state index contributed by atoms with van der Waals surface area (Å²) in [4.78, 5) is 31.7. The van der Waals surface area contributed by atoms with Crippen LogP contribution in [0.4, 0.5) is 4.39 Å². The molecule has 1 saturated heterocycles. The van der Waals surface area contributed by atoms with E-state index in [0.717, 1.165) is 19.3 Å². The fraction of sp³-hybridized carbons (Fsp3) is 0.348. The third-order valence-electron chi connectivity index (χ3n) is 6.45. The van der Waals surface area contributed by atoms with Crippen molar-refractivity contribution >= 4 is 34.4 Å². The maximum Gasteiger partial charge on any atom is 0.274 e. The fourth-order valence-corrected chi connectivity index (χ4v) is 5.12. The molecule has 1 aliphatic carbocycles. The molecule has 2 aliphatic rings. The first kappa shape index (κ1) is 20.0. The van der Waals surface area contributed by atoms with Gasteiger partial charge in [0.25, 0.3) is 11.8 Å². The summed E-state index contributed by atoms with van der Waals surface area (Å²) in [5.74, 6) is -0.845. The number of pyridine rings is 1. The molecule has 2 aromatic heterocycles. The molecule has 3 atom stereocenters. The number of halogens is 2. The van der Waals surface area contributed by atoms with Gasteiger partial charge >= 0.3 is 0 Å². The van der Waals surface area contributed by atoms with Gasteiger partial charge in [0.2, 0.25) is 0 Å². The number of rotatable bonds is 3. The molecule has 1 N–H and O–H groups in total. The van der Waals surface area contributed by atoms with Crippen LogP contribution in [0.1, 0.15) is 40.1 Å². The van der Waals surface area contributed by atoms with Crippen LogP contribution in [0.25, 0.3) is 11.0 Å². The van der Waals surface area contributed by atoms with Crippen LogP contribution in [0.2, 0.25) is 5.02 Å². The summed E-state index contributed by atoms with van der Waals surface area (Å²) in [7, 11) is 0. The van der Waals surface area contributed by atoms with Gasteiger partial charge in [-0.05, 0) is 43.0 Å². The molecule has 6 nitrogen and oxygen atoms in total. The molecule has 3 unspecified atom stereocenters. The van der Waals surface area contributed by atoms with Crippen molar-refractivity contribution < 1.29 is 18.4 Å². The van der Waals surface area contributed by atoms with E-state index in [2.05, 4.69) is 10.3 Å². The average molecular weight is 442 g/mol. The van der Waals surface area contributed by atoms with Gasteiger partial charge in [-0.1, -0.05) is 18.0 Å². The summed E-state index contributed by atoms with van der Waals surface area (Å²) < 4.78 is 19.7. The Morgan fingerprint density at radius 2 is 2.10 bits per heavy atom. The lowest BCUT2D eigenvalue weighted by molar-refractivity contribution is 0.0777. The summed E-state index contributed by atoms with van der Waals surface area (Å²) in [5.41, 5.74) is 0.658. The van der Waals surface area contributed by atoms with Gasteiger partial charge in [0, 0.05) is 42.7 Å². The van der Waals surface area contributed by atoms with Crippen LogP contribution in [0.5, 0.6) is 0 Å². The molecule has 1 aromatic carbocycles. The van der Waals surface area contributed by atoms with Crippen molar-refractivity contribution in [2.45, 2.75) is 25.3 Å². The first-order valence-electron chi connectivity index (χ1n) is 10.4. The van der Waals surface area contributed by atoms with E-state index in [1.54, 1.807) is 29.3 Å². The maximum absolute atomic E-state index is 14.5. The van der Waals surface area contributed by atoms with Crippen LogP contribution in [0, 0.1) is 17.7 Å². The van der Waals surface area contributed by atoms with Crippen LogP contribution in [0.3, 0.4) is 0 Å². The zero-order valence-corrected chi connectivity index (χ0v) is 17.4. The molecule has 3 aromatic rings. The summed E-state index contributed by atoms with van der Waals surface area (Å²) in [6.45, 7) is 1.13. The number of nitrogens with zero attached hydrogens (tertiary/aromatic N) is 2. The van der Waals surface area contributed by atoms with Crippen molar-refractivity contribution in [1.82, 2.24) is 15.2 Å². The number of carbonyl (C=O) groups is 2. The van der Waals surface area contributed by atoms with Crippen LogP contribution >= 0.6 is 11.6 Å². The van der Waals surface area contributed by atoms with Crippen LogP contribution in [-0.4, -0.2) is 40.8 Å². The lowest BCUT2D eigenvalue weighted by Gasteiger charge is -2.33. The number of fused-ring (bicyclic) bond motifs is 2. The molecular weight excluding hydrogens is 421 g/mol. The highest BCUT2D eigenvalue weighted by atomic mass is 35.5. The topological polar surface area (TPSA) is 75.4 Å². The molecule has 0 bridgehead atoms. The highest BCUT2D eigenvalue weighted by Crippen LogP contribution is 2.37. The Hall–Kier alpha value is -2.93. The van der Waals surface area contributed by atoms with Crippen molar-refractivity contribution in [1.29, 1.82) is 0 Å². The molecule has 2 amide bonds. The molecule has 160 valence electrons. The molecule has 3 heterocycles. The Labute approximate surface area is 183 Å². The quantitative estimate of drug-likeness (QED) is 0.657. The van der Waals surface area contributed by atoms with E-state index in [1.165, 1.54) is 18.4 Å². The van der Waals surface area contributed by atoms with Gasteiger partial charge in [-0.25, -0.2) is 9.37 Å². The first-order valence-corrected chi connectivity index (χ1v) is 10.8. The number of furan rings is 1. The standard InChI is InChI=1S/C23H21ClFN3O3/c24-17-4-2-7-26-21(17)23(30)28-11-14-3-1-5-19(16(14)12-28)27-22(29)15-9-13-6-8-31-20(13)10-18(15)25/h2,4,6-10,14,16,19H,1,3,5,11-12H2,(H,27,29). The maximum atomic E-state index is 14.5. The molecule has 5 rings (SSSR count). The number of nitrogens with one attached hydrogen (secondary N) is 1. The van der Waals surface area contributed by atoms with Gasteiger partial charge in [0.1, 0.15) is 17.1 Å². The Bertz CT molecular complexity index is 1160. The van der Waals surface area contributed by atoms with E-state index in [9.17, 15) is 14.0 Å². The summed E-state index contributed by atoms with van der Waals surface area (Å²) in [6.07, 6.45) is 5.76. The van der Waals surface area contributed by atoms with Crippen LogP contribution in [-0.2, 0) is 0 Å². The molecule has 0 spiro atoms.